The third-order valence-electron chi connectivity index (χ3n) is 1.81. The molecule has 0 aromatic carbocycles. The third-order valence-corrected chi connectivity index (χ3v) is 3.81. The lowest BCUT2D eigenvalue weighted by Gasteiger charge is -2.04. The number of carbonyl (C=O) groups is 2. The Kier molecular flexibility index (Phi) is 5.36. The maximum absolute atomic E-state index is 11.2. The van der Waals surface area contributed by atoms with Gasteiger partial charge in [-0.15, -0.1) is 11.3 Å². The van der Waals surface area contributed by atoms with Crippen molar-refractivity contribution in [3.63, 3.8) is 0 Å². The van der Waals surface area contributed by atoms with Gasteiger partial charge in [-0.3, -0.25) is 4.79 Å². The summed E-state index contributed by atoms with van der Waals surface area (Å²) < 4.78 is 0.945. The molecule has 0 saturated heterocycles. The van der Waals surface area contributed by atoms with E-state index in [-0.39, 0.29) is 13.0 Å². The Balaban J connectivity index is 2.26. The van der Waals surface area contributed by atoms with E-state index in [2.05, 4.69) is 31.5 Å². The molecule has 17 heavy (non-hydrogen) atoms. The second kappa shape index (κ2) is 6.55. The fourth-order valence-corrected chi connectivity index (χ4v) is 2.38. The number of aromatic nitrogens is 1. The Morgan fingerprint density at radius 3 is 2.71 bits per heavy atom. The first-order valence-electron chi connectivity index (χ1n) is 4.84. The molecule has 2 amide bonds. The van der Waals surface area contributed by atoms with Crippen molar-refractivity contribution in [1.82, 2.24) is 15.6 Å². The predicted octanol–water partition coefficient (Wildman–Crippen LogP) is 1.49. The lowest BCUT2D eigenvalue weighted by molar-refractivity contribution is -0.136. The normalized spacial score (nSPS) is 10.0. The first-order chi connectivity index (χ1) is 7.99. The van der Waals surface area contributed by atoms with Crippen molar-refractivity contribution >= 4 is 39.3 Å². The van der Waals surface area contributed by atoms with Crippen molar-refractivity contribution in [2.75, 3.05) is 6.54 Å². The van der Waals surface area contributed by atoms with Crippen LogP contribution in [-0.4, -0.2) is 28.6 Å². The van der Waals surface area contributed by atoms with Crippen LogP contribution in [0.3, 0.4) is 0 Å². The van der Waals surface area contributed by atoms with Crippen LogP contribution in [0.1, 0.15) is 17.1 Å². The molecule has 0 fully saturated rings. The Labute approximate surface area is 111 Å². The van der Waals surface area contributed by atoms with E-state index in [9.17, 15) is 9.59 Å². The number of rotatable bonds is 5. The van der Waals surface area contributed by atoms with Gasteiger partial charge in [-0.1, -0.05) is 0 Å². The average molecular weight is 322 g/mol. The first-order valence-corrected chi connectivity index (χ1v) is 6.45. The van der Waals surface area contributed by atoms with Crippen molar-refractivity contribution in [2.45, 2.75) is 19.9 Å². The number of nitrogens with zero attached hydrogens (tertiary/aromatic N) is 1. The summed E-state index contributed by atoms with van der Waals surface area (Å²) >= 11 is 4.80. The van der Waals surface area contributed by atoms with Crippen LogP contribution in [0.15, 0.2) is 3.79 Å². The van der Waals surface area contributed by atoms with Crippen molar-refractivity contribution in [1.29, 1.82) is 0 Å². The second-order valence-corrected chi connectivity index (χ2v) is 5.62. The van der Waals surface area contributed by atoms with Crippen molar-refractivity contribution < 1.29 is 14.7 Å². The lowest BCUT2D eigenvalue weighted by Crippen LogP contribution is -2.36. The van der Waals surface area contributed by atoms with Gasteiger partial charge in [0.25, 0.3) is 0 Å². The van der Waals surface area contributed by atoms with Crippen LogP contribution in [-0.2, 0) is 11.3 Å². The zero-order chi connectivity index (χ0) is 12.8. The molecule has 0 aliphatic carbocycles. The maximum Gasteiger partial charge on any atom is 0.315 e. The number of carbonyl (C=O) groups excluding carboxylic acids is 1. The molecule has 0 aliphatic rings. The van der Waals surface area contributed by atoms with E-state index in [4.69, 9.17) is 5.11 Å². The monoisotopic (exact) mass is 321 g/mol. The second-order valence-electron chi connectivity index (χ2n) is 3.22. The van der Waals surface area contributed by atoms with Gasteiger partial charge < -0.3 is 15.7 Å². The van der Waals surface area contributed by atoms with Gasteiger partial charge in [0.15, 0.2) is 0 Å². The van der Waals surface area contributed by atoms with Gasteiger partial charge in [0.1, 0.15) is 5.01 Å². The number of aliphatic carboxylic acids is 1. The molecule has 3 N–H and O–H groups in total. The topological polar surface area (TPSA) is 91.3 Å². The minimum atomic E-state index is -0.940. The zero-order valence-electron chi connectivity index (χ0n) is 9.12. The molecule has 1 rings (SSSR count). The molecule has 0 atom stereocenters. The van der Waals surface area contributed by atoms with Gasteiger partial charge in [-0.25, -0.2) is 9.78 Å². The number of carboxylic acids is 1. The molecule has 0 radical (unpaired) electrons. The average Bonchev–Trinajstić information content (AvgIpc) is 2.55. The number of carboxylic acid groups (broad SMARTS) is 1. The van der Waals surface area contributed by atoms with E-state index in [1.165, 1.54) is 11.3 Å². The Bertz CT molecular complexity index is 402. The highest BCUT2D eigenvalue weighted by Crippen LogP contribution is 2.23. The van der Waals surface area contributed by atoms with E-state index in [1.807, 2.05) is 6.92 Å². The summed E-state index contributed by atoms with van der Waals surface area (Å²) in [5.41, 5.74) is 0.887. The van der Waals surface area contributed by atoms with Gasteiger partial charge in [-0.2, -0.15) is 0 Å². The molecule has 1 heterocycles. The summed E-state index contributed by atoms with van der Waals surface area (Å²) in [6.45, 7) is 2.31. The van der Waals surface area contributed by atoms with E-state index >= 15 is 0 Å². The van der Waals surface area contributed by atoms with E-state index in [1.54, 1.807) is 0 Å². The highest BCUT2D eigenvalue weighted by Gasteiger charge is 2.06. The van der Waals surface area contributed by atoms with Crippen LogP contribution < -0.4 is 10.6 Å². The lowest BCUT2D eigenvalue weighted by atomic mass is 10.4. The summed E-state index contributed by atoms with van der Waals surface area (Å²) in [5, 5.41) is 14.2. The Hall–Kier alpha value is -1.15. The van der Waals surface area contributed by atoms with Gasteiger partial charge in [0.05, 0.1) is 22.4 Å². The molecule has 0 bridgehead atoms. The summed E-state index contributed by atoms with van der Waals surface area (Å²) in [5.74, 6) is -0.940. The van der Waals surface area contributed by atoms with Crippen LogP contribution in [0.5, 0.6) is 0 Å². The highest BCUT2D eigenvalue weighted by atomic mass is 79.9. The Morgan fingerprint density at radius 1 is 1.47 bits per heavy atom. The Morgan fingerprint density at radius 2 is 2.18 bits per heavy atom. The molecule has 0 aliphatic heterocycles. The molecule has 0 spiro atoms. The number of hydrogen-bond donors (Lipinski definition) is 3. The molecule has 8 heteroatoms. The molecular weight excluding hydrogens is 310 g/mol. The minimum Gasteiger partial charge on any atom is -0.481 e. The summed E-state index contributed by atoms with van der Waals surface area (Å²) in [6, 6.07) is -0.393. The number of hydrogen-bond acceptors (Lipinski definition) is 4. The van der Waals surface area contributed by atoms with Crippen LogP contribution in [0.2, 0.25) is 0 Å². The van der Waals surface area contributed by atoms with Gasteiger partial charge in [0, 0.05) is 6.54 Å². The largest absolute Gasteiger partial charge is 0.481 e. The third kappa shape index (κ3) is 5.14. The van der Waals surface area contributed by atoms with Gasteiger partial charge in [-0.05, 0) is 22.9 Å². The van der Waals surface area contributed by atoms with Gasteiger partial charge in [0.2, 0.25) is 0 Å². The number of thiazole rings is 1. The summed E-state index contributed by atoms with van der Waals surface area (Å²) in [4.78, 5) is 25.7. The number of nitrogens with one attached hydrogen (secondary N) is 2. The quantitative estimate of drug-likeness (QED) is 0.766. The SMILES string of the molecule is Cc1nc(CNC(=O)NCCC(=O)O)sc1Br. The molecule has 0 saturated carbocycles. The van der Waals surface area contributed by atoms with Crippen LogP contribution >= 0.6 is 27.3 Å². The van der Waals surface area contributed by atoms with E-state index < -0.39 is 12.0 Å². The van der Waals surface area contributed by atoms with Crippen molar-refractivity contribution in [2.24, 2.45) is 0 Å². The first kappa shape index (κ1) is 13.9. The summed E-state index contributed by atoms with van der Waals surface area (Å²) in [7, 11) is 0. The van der Waals surface area contributed by atoms with Crippen LogP contribution in [0.4, 0.5) is 4.79 Å². The maximum atomic E-state index is 11.2. The van der Waals surface area contributed by atoms with E-state index in [0.717, 1.165) is 14.5 Å². The molecular formula is C9H12BrN3O3S. The van der Waals surface area contributed by atoms with Crippen LogP contribution in [0, 0.1) is 6.92 Å². The molecule has 0 unspecified atom stereocenters. The standard InChI is InChI=1S/C9H12BrN3O3S/c1-5-8(10)17-6(13-5)4-12-9(16)11-3-2-7(14)15/h2-4H2,1H3,(H,14,15)(H2,11,12,16). The van der Waals surface area contributed by atoms with E-state index in [0.29, 0.717) is 6.54 Å². The predicted molar refractivity (Wildman–Crippen MR) is 67.0 cm³/mol. The fourth-order valence-electron chi connectivity index (χ4n) is 1.01. The highest BCUT2D eigenvalue weighted by molar-refractivity contribution is 9.11. The summed E-state index contributed by atoms with van der Waals surface area (Å²) in [6.07, 6.45) is -0.0880. The fraction of sp³-hybridized carbons (Fsp3) is 0.444. The molecule has 1 aromatic rings. The number of urea groups is 1. The molecule has 6 nitrogen and oxygen atoms in total. The minimum absolute atomic E-state index is 0.0880. The molecule has 1 aromatic heterocycles. The van der Waals surface area contributed by atoms with Crippen molar-refractivity contribution in [3.8, 4) is 0 Å². The number of aryl methyl sites for hydroxylation is 1. The van der Waals surface area contributed by atoms with Crippen LogP contribution in [0.25, 0.3) is 0 Å². The number of halogens is 1. The van der Waals surface area contributed by atoms with Crippen molar-refractivity contribution in [3.05, 3.63) is 14.5 Å². The van der Waals surface area contributed by atoms with Gasteiger partial charge >= 0.3 is 12.0 Å². The number of amides is 2. The molecule has 94 valence electrons. The zero-order valence-corrected chi connectivity index (χ0v) is 11.5. The smallest absolute Gasteiger partial charge is 0.315 e.